The van der Waals surface area contributed by atoms with E-state index in [1.54, 1.807) is 0 Å². The van der Waals surface area contributed by atoms with E-state index in [2.05, 4.69) is 52.4 Å². The Labute approximate surface area is 194 Å². The van der Waals surface area contributed by atoms with Crippen LogP contribution in [0, 0.1) is 0 Å². The zero-order valence-corrected chi connectivity index (χ0v) is 18.6. The largest absolute Gasteiger partial charge is 0.399 e. The molecule has 1 aromatic heterocycles. The summed E-state index contributed by atoms with van der Waals surface area (Å²) in [5, 5.41) is 0. The number of benzene rings is 3. The van der Waals surface area contributed by atoms with E-state index in [1.165, 1.54) is 0 Å². The molecule has 33 heavy (non-hydrogen) atoms. The van der Waals surface area contributed by atoms with Crippen LogP contribution in [-0.2, 0) is 11.2 Å². The highest BCUT2D eigenvalue weighted by Crippen LogP contribution is 2.32. The highest BCUT2D eigenvalue weighted by molar-refractivity contribution is 5.77. The number of hydrogen-bond acceptors (Lipinski definition) is 3. The molecule has 4 aromatic rings. The summed E-state index contributed by atoms with van der Waals surface area (Å²) >= 11 is 0. The monoisotopic (exact) mass is 436 g/mol. The van der Waals surface area contributed by atoms with E-state index in [1.807, 2.05) is 47.5 Å². The number of carbonyl (C=O) groups excluding carboxylic acids is 1. The third-order valence-corrected chi connectivity index (χ3v) is 6.37. The van der Waals surface area contributed by atoms with Crippen LogP contribution in [0.3, 0.4) is 0 Å². The van der Waals surface area contributed by atoms with E-state index in [4.69, 9.17) is 5.73 Å². The third kappa shape index (κ3) is 4.67. The first-order valence-corrected chi connectivity index (χ1v) is 11.5. The molecule has 166 valence electrons. The van der Waals surface area contributed by atoms with Gasteiger partial charge in [0.2, 0.25) is 5.91 Å². The van der Waals surface area contributed by atoms with Gasteiger partial charge in [-0.25, -0.2) is 4.98 Å². The summed E-state index contributed by atoms with van der Waals surface area (Å²) in [6.07, 6.45) is 5.05. The minimum Gasteiger partial charge on any atom is -0.399 e. The van der Waals surface area contributed by atoms with Gasteiger partial charge in [0.15, 0.2) is 0 Å². The number of nitrogens with zero attached hydrogens (tertiary/aromatic N) is 2. The topological polar surface area (TPSA) is 75.0 Å². The van der Waals surface area contributed by atoms with Gasteiger partial charge >= 0.3 is 0 Å². The highest BCUT2D eigenvalue weighted by atomic mass is 16.2. The number of nitrogen functional groups attached to an aromatic ring is 1. The molecule has 1 saturated heterocycles. The third-order valence-electron chi connectivity index (χ3n) is 6.37. The summed E-state index contributed by atoms with van der Waals surface area (Å²) in [6.45, 7) is 0.791. The van der Waals surface area contributed by atoms with Crippen LogP contribution in [0.15, 0.2) is 85.1 Å². The lowest BCUT2D eigenvalue weighted by Gasteiger charge is -2.23. The van der Waals surface area contributed by atoms with E-state index < -0.39 is 0 Å². The highest BCUT2D eigenvalue weighted by Gasteiger charge is 2.31. The van der Waals surface area contributed by atoms with Crippen molar-refractivity contribution in [2.75, 3.05) is 12.3 Å². The van der Waals surface area contributed by atoms with E-state index in [0.29, 0.717) is 6.42 Å². The van der Waals surface area contributed by atoms with Crippen LogP contribution in [0.5, 0.6) is 0 Å². The summed E-state index contributed by atoms with van der Waals surface area (Å²) in [5.41, 5.74) is 12.2. The molecule has 0 saturated carbocycles. The van der Waals surface area contributed by atoms with Crippen LogP contribution >= 0.6 is 0 Å². The molecule has 1 fully saturated rings. The Morgan fingerprint density at radius 3 is 2.55 bits per heavy atom. The van der Waals surface area contributed by atoms with Gasteiger partial charge in [-0.2, -0.15) is 0 Å². The fourth-order valence-corrected chi connectivity index (χ4v) is 4.60. The Bertz CT molecular complexity index is 1230. The number of aromatic nitrogens is 2. The Kier molecular flexibility index (Phi) is 5.94. The van der Waals surface area contributed by atoms with Gasteiger partial charge in [-0.3, -0.25) is 4.79 Å². The lowest BCUT2D eigenvalue weighted by atomic mass is 10.0. The van der Waals surface area contributed by atoms with E-state index in [-0.39, 0.29) is 11.9 Å². The van der Waals surface area contributed by atoms with Gasteiger partial charge in [-0.15, -0.1) is 0 Å². The van der Waals surface area contributed by atoms with Crippen molar-refractivity contribution in [3.05, 3.63) is 96.4 Å². The molecule has 1 atom stereocenters. The number of nitrogens with one attached hydrogen (secondary N) is 1. The molecule has 3 N–H and O–H groups in total. The Hall–Kier alpha value is -3.86. The average Bonchev–Trinajstić information content (AvgIpc) is 3.53. The van der Waals surface area contributed by atoms with Crippen LogP contribution in [0.25, 0.3) is 22.4 Å². The molecule has 5 nitrogen and oxygen atoms in total. The predicted octanol–water partition coefficient (Wildman–Crippen LogP) is 5.62. The van der Waals surface area contributed by atoms with Gasteiger partial charge in [0.05, 0.1) is 17.9 Å². The van der Waals surface area contributed by atoms with Crippen molar-refractivity contribution in [1.29, 1.82) is 0 Å². The van der Waals surface area contributed by atoms with Crippen molar-refractivity contribution in [2.45, 2.75) is 31.7 Å². The standard InChI is InChI=1S/C28H28N4O/c29-24-9-4-8-23(18-24)21-14-11-20(12-15-21)13-16-27(33)32-17-5-10-26(32)28-30-19-25(31-28)22-6-2-1-3-7-22/h1-4,6-9,11-12,14-15,18-19,26H,5,10,13,16-17,29H2,(H,30,31)/t26-/m0/s1. The molecule has 5 rings (SSSR count). The van der Waals surface area contributed by atoms with E-state index in [9.17, 15) is 4.79 Å². The van der Waals surface area contributed by atoms with E-state index in [0.717, 1.165) is 65.3 Å². The predicted molar refractivity (Wildman–Crippen MR) is 132 cm³/mol. The second-order valence-electron chi connectivity index (χ2n) is 8.62. The van der Waals surface area contributed by atoms with Gasteiger partial charge in [-0.05, 0) is 53.6 Å². The van der Waals surface area contributed by atoms with Crippen molar-refractivity contribution in [1.82, 2.24) is 14.9 Å². The molecule has 1 amide bonds. The number of nitrogens with two attached hydrogens (primary N) is 1. The Morgan fingerprint density at radius 1 is 0.970 bits per heavy atom. The van der Waals surface area contributed by atoms with Crippen LogP contribution in [0.4, 0.5) is 5.69 Å². The molecule has 0 aliphatic carbocycles. The molecule has 5 heteroatoms. The van der Waals surface area contributed by atoms with Crippen molar-refractivity contribution in [2.24, 2.45) is 0 Å². The number of aromatic amines is 1. The molecule has 1 aliphatic rings. The van der Waals surface area contributed by atoms with Gasteiger partial charge in [0.1, 0.15) is 5.82 Å². The number of carbonyl (C=O) groups is 1. The molecule has 0 spiro atoms. The van der Waals surface area contributed by atoms with Gasteiger partial charge in [0, 0.05) is 18.7 Å². The van der Waals surface area contributed by atoms with Crippen molar-refractivity contribution < 1.29 is 4.79 Å². The van der Waals surface area contributed by atoms with Gasteiger partial charge in [-0.1, -0.05) is 66.7 Å². The number of anilines is 1. The smallest absolute Gasteiger partial charge is 0.223 e. The summed E-state index contributed by atoms with van der Waals surface area (Å²) in [6, 6.07) is 26.5. The Balaban J connectivity index is 1.22. The molecule has 3 aromatic carbocycles. The maximum Gasteiger partial charge on any atom is 0.223 e. The molecule has 0 bridgehead atoms. The minimum atomic E-state index is 0.0286. The molecular formula is C28H28N4O. The van der Waals surface area contributed by atoms with Crippen LogP contribution in [-0.4, -0.2) is 27.3 Å². The summed E-state index contributed by atoms with van der Waals surface area (Å²) in [5.74, 6) is 1.07. The molecule has 2 heterocycles. The van der Waals surface area contributed by atoms with Gasteiger partial charge < -0.3 is 15.6 Å². The number of rotatable bonds is 6. The second kappa shape index (κ2) is 9.33. The SMILES string of the molecule is Nc1cccc(-c2ccc(CCC(=O)N3CCC[C@H]3c3ncc(-c4ccccc4)[nH]3)cc2)c1. The second-order valence-corrected chi connectivity index (χ2v) is 8.62. The maximum atomic E-state index is 13.1. The van der Waals surface area contributed by atoms with Gasteiger partial charge in [0.25, 0.3) is 0 Å². The Morgan fingerprint density at radius 2 is 1.76 bits per heavy atom. The lowest BCUT2D eigenvalue weighted by molar-refractivity contribution is -0.132. The number of imidazole rings is 1. The molecule has 0 unspecified atom stereocenters. The van der Waals surface area contributed by atoms with E-state index >= 15 is 0 Å². The molecule has 0 radical (unpaired) electrons. The first-order chi connectivity index (χ1) is 16.2. The number of H-pyrrole nitrogens is 1. The number of aryl methyl sites for hydroxylation is 1. The molecule has 1 aliphatic heterocycles. The van der Waals surface area contributed by atoms with Crippen LogP contribution < -0.4 is 5.73 Å². The summed E-state index contributed by atoms with van der Waals surface area (Å²) in [4.78, 5) is 23.1. The summed E-state index contributed by atoms with van der Waals surface area (Å²) in [7, 11) is 0. The quantitative estimate of drug-likeness (QED) is 0.385. The minimum absolute atomic E-state index is 0.0286. The van der Waals surface area contributed by atoms with Crippen LogP contribution in [0.1, 0.15) is 36.7 Å². The van der Waals surface area contributed by atoms with Crippen molar-refractivity contribution in [3.63, 3.8) is 0 Å². The van der Waals surface area contributed by atoms with Crippen LogP contribution in [0.2, 0.25) is 0 Å². The first kappa shape index (κ1) is 21.0. The molecular weight excluding hydrogens is 408 g/mol. The fraction of sp³-hybridized carbons (Fsp3) is 0.214. The number of amides is 1. The fourth-order valence-electron chi connectivity index (χ4n) is 4.60. The van der Waals surface area contributed by atoms with Crippen molar-refractivity contribution >= 4 is 11.6 Å². The number of likely N-dealkylation sites (tertiary alicyclic amines) is 1. The number of hydrogen-bond donors (Lipinski definition) is 2. The normalized spacial score (nSPS) is 15.6. The van der Waals surface area contributed by atoms with Crippen molar-refractivity contribution in [3.8, 4) is 22.4 Å². The average molecular weight is 437 g/mol. The zero-order valence-electron chi connectivity index (χ0n) is 18.6. The lowest BCUT2D eigenvalue weighted by Crippen LogP contribution is -2.31. The summed E-state index contributed by atoms with van der Waals surface area (Å²) < 4.78 is 0. The first-order valence-electron chi connectivity index (χ1n) is 11.5. The maximum absolute atomic E-state index is 13.1. The zero-order chi connectivity index (χ0) is 22.6.